The molecule has 1 aliphatic rings. The van der Waals surface area contributed by atoms with E-state index < -0.39 is 0 Å². The van der Waals surface area contributed by atoms with E-state index in [4.69, 9.17) is 9.47 Å². The molecule has 1 fully saturated rings. The minimum absolute atomic E-state index is 0.325. The van der Waals surface area contributed by atoms with Crippen molar-refractivity contribution in [3.63, 3.8) is 0 Å². The Labute approximate surface area is 128 Å². The second-order valence-corrected chi connectivity index (χ2v) is 6.39. The molecule has 0 spiro atoms. The van der Waals surface area contributed by atoms with Crippen molar-refractivity contribution in [2.45, 2.75) is 24.3 Å². The summed E-state index contributed by atoms with van der Waals surface area (Å²) < 4.78 is 10.9. The zero-order chi connectivity index (χ0) is 14.1. The fourth-order valence-corrected chi connectivity index (χ4v) is 3.90. The lowest BCUT2D eigenvalue weighted by Gasteiger charge is -2.21. The fourth-order valence-electron chi connectivity index (χ4n) is 2.92. The Bertz CT molecular complexity index is 611. The highest BCUT2D eigenvalue weighted by Gasteiger charge is 2.31. The summed E-state index contributed by atoms with van der Waals surface area (Å²) in [5, 5.41) is 2.46. The van der Waals surface area contributed by atoms with Crippen molar-refractivity contribution >= 4 is 26.7 Å². The fraction of sp³-hybridized carbons (Fsp3) is 0.412. The SMILES string of the molecule is COc1ccc2cc(C(Br)C3CCOC3C)ccc2c1. The molecule has 2 aromatic rings. The maximum atomic E-state index is 5.68. The third-order valence-corrected chi connectivity index (χ3v) is 5.41. The second-order valence-electron chi connectivity index (χ2n) is 5.40. The largest absolute Gasteiger partial charge is 0.497 e. The lowest BCUT2D eigenvalue weighted by molar-refractivity contribution is 0.105. The molecule has 1 heterocycles. The minimum Gasteiger partial charge on any atom is -0.497 e. The van der Waals surface area contributed by atoms with Crippen molar-refractivity contribution in [1.29, 1.82) is 0 Å². The molecule has 3 heteroatoms. The Balaban J connectivity index is 1.92. The van der Waals surface area contributed by atoms with Crippen molar-refractivity contribution in [2.75, 3.05) is 13.7 Å². The van der Waals surface area contributed by atoms with E-state index >= 15 is 0 Å². The van der Waals surface area contributed by atoms with Gasteiger partial charge in [0.15, 0.2) is 0 Å². The minimum atomic E-state index is 0.325. The van der Waals surface area contributed by atoms with Crippen LogP contribution in [0.2, 0.25) is 0 Å². The number of alkyl halides is 1. The molecule has 20 heavy (non-hydrogen) atoms. The first-order chi connectivity index (χ1) is 9.69. The standard InChI is InChI=1S/C17H19BrO2/c1-11-16(7-8-20-11)17(18)14-4-3-13-10-15(19-2)6-5-12(13)9-14/h3-6,9-11,16-17H,7-8H2,1-2H3. The van der Waals surface area contributed by atoms with Crippen LogP contribution in [0.25, 0.3) is 10.8 Å². The van der Waals surface area contributed by atoms with E-state index in [0.29, 0.717) is 16.8 Å². The summed E-state index contributed by atoms with van der Waals surface area (Å²) in [6, 6.07) is 12.8. The summed E-state index contributed by atoms with van der Waals surface area (Å²) in [5.74, 6) is 1.45. The van der Waals surface area contributed by atoms with Gasteiger partial charge in [0.05, 0.1) is 13.2 Å². The molecule has 2 nitrogen and oxygen atoms in total. The van der Waals surface area contributed by atoms with Gasteiger partial charge in [-0.05, 0) is 41.8 Å². The summed E-state index contributed by atoms with van der Waals surface area (Å²) in [6.07, 6.45) is 1.45. The van der Waals surface area contributed by atoms with Crippen LogP contribution in [0, 0.1) is 5.92 Å². The topological polar surface area (TPSA) is 18.5 Å². The quantitative estimate of drug-likeness (QED) is 0.757. The first kappa shape index (κ1) is 13.9. The van der Waals surface area contributed by atoms with Crippen molar-refractivity contribution in [3.8, 4) is 5.75 Å². The average Bonchev–Trinajstić information content (AvgIpc) is 2.91. The van der Waals surface area contributed by atoms with E-state index in [1.807, 2.05) is 6.07 Å². The van der Waals surface area contributed by atoms with Gasteiger partial charge in [-0.2, -0.15) is 0 Å². The van der Waals surface area contributed by atoms with Gasteiger partial charge in [-0.1, -0.05) is 40.2 Å². The van der Waals surface area contributed by atoms with Gasteiger partial charge in [-0.15, -0.1) is 0 Å². The van der Waals surface area contributed by atoms with Crippen LogP contribution in [0.3, 0.4) is 0 Å². The van der Waals surface area contributed by atoms with Gasteiger partial charge >= 0.3 is 0 Å². The van der Waals surface area contributed by atoms with Crippen LogP contribution in [-0.2, 0) is 4.74 Å². The van der Waals surface area contributed by atoms with Gasteiger partial charge in [0.25, 0.3) is 0 Å². The number of rotatable bonds is 3. The molecular weight excluding hydrogens is 316 g/mol. The molecule has 1 saturated heterocycles. The Morgan fingerprint density at radius 3 is 2.65 bits per heavy atom. The van der Waals surface area contributed by atoms with Crippen LogP contribution in [0.4, 0.5) is 0 Å². The summed E-state index contributed by atoms with van der Waals surface area (Å²) in [7, 11) is 1.70. The molecule has 2 aromatic carbocycles. The molecule has 3 rings (SSSR count). The smallest absolute Gasteiger partial charge is 0.119 e. The first-order valence-corrected chi connectivity index (χ1v) is 7.94. The highest BCUT2D eigenvalue weighted by molar-refractivity contribution is 9.09. The first-order valence-electron chi connectivity index (χ1n) is 7.02. The highest BCUT2D eigenvalue weighted by Crippen LogP contribution is 2.40. The molecule has 0 bridgehead atoms. The molecule has 0 aromatic heterocycles. The number of hydrogen-bond acceptors (Lipinski definition) is 2. The lowest BCUT2D eigenvalue weighted by atomic mass is 9.92. The number of hydrogen-bond donors (Lipinski definition) is 0. The normalized spacial score (nSPS) is 23.9. The lowest BCUT2D eigenvalue weighted by Crippen LogP contribution is -2.16. The molecule has 106 valence electrons. The Morgan fingerprint density at radius 1 is 1.20 bits per heavy atom. The van der Waals surface area contributed by atoms with Crippen molar-refractivity contribution < 1.29 is 9.47 Å². The number of methoxy groups -OCH3 is 1. The van der Waals surface area contributed by atoms with Gasteiger partial charge in [-0.25, -0.2) is 0 Å². The number of benzene rings is 2. The molecule has 3 atom stereocenters. The number of ether oxygens (including phenoxy) is 2. The summed E-state index contributed by atoms with van der Waals surface area (Å²) >= 11 is 3.86. The van der Waals surface area contributed by atoms with E-state index in [0.717, 1.165) is 18.8 Å². The van der Waals surface area contributed by atoms with E-state index in [2.05, 4.69) is 53.2 Å². The van der Waals surface area contributed by atoms with Gasteiger partial charge in [-0.3, -0.25) is 0 Å². The molecule has 1 aliphatic heterocycles. The summed E-state index contributed by atoms with van der Waals surface area (Å²) in [4.78, 5) is 0.353. The summed E-state index contributed by atoms with van der Waals surface area (Å²) in [5.41, 5.74) is 1.32. The van der Waals surface area contributed by atoms with Crippen molar-refractivity contribution in [3.05, 3.63) is 42.0 Å². The maximum absolute atomic E-state index is 5.68. The molecule has 0 aliphatic carbocycles. The zero-order valence-electron chi connectivity index (χ0n) is 11.8. The average molecular weight is 335 g/mol. The maximum Gasteiger partial charge on any atom is 0.119 e. The highest BCUT2D eigenvalue weighted by atomic mass is 79.9. The molecular formula is C17H19BrO2. The van der Waals surface area contributed by atoms with Crippen molar-refractivity contribution in [2.24, 2.45) is 5.92 Å². The summed E-state index contributed by atoms with van der Waals surface area (Å²) in [6.45, 7) is 3.04. The van der Waals surface area contributed by atoms with Gasteiger partial charge in [0.1, 0.15) is 5.75 Å². The molecule has 0 N–H and O–H groups in total. The van der Waals surface area contributed by atoms with E-state index in [1.54, 1.807) is 7.11 Å². The molecule has 0 radical (unpaired) electrons. The molecule has 0 amide bonds. The number of fused-ring (bicyclic) bond motifs is 1. The van der Waals surface area contributed by atoms with Crippen LogP contribution in [0.15, 0.2) is 36.4 Å². The van der Waals surface area contributed by atoms with Crippen LogP contribution >= 0.6 is 15.9 Å². The predicted octanol–water partition coefficient (Wildman–Crippen LogP) is 4.71. The zero-order valence-corrected chi connectivity index (χ0v) is 13.4. The van der Waals surface area contributed by atoms with E-state index in [-0.39, 0.29) is 0 Å². The third kappa shape index (κ3) is 2.57. The van der Waals surface area contributed by atoms with E-state index in [1.165, 1.54) is 16.3 Å². The van der Waals surface area contributed by atoms with Crippen molar-refractivity contribution in [1.82, 2.24) is 0 Å². The van der Waals surface area contributed by atoms with Gasteiger partial charge < -0.3 is 9.47 Å². The van der Waals surface area contributed by atoms with Crippen LogP contribution in [0.1, 0.15) is 23.7 Å². The van der Waals surface area contributed by atoms with Gasteiger partial charge in [0.2, 0.25) is 0 Å². The van der Waals surface area contributed by atoms with Crippen LogP contribution in [-0.4, -0.2) is 19.8 Å². The molecule has 3 unspecified atom stereocenters. The monoisotopic (exact) mass is 334 g/mol. The van der Waals surface area contributed by atoms with Crippen LogP contribution < -0.4 is 4.74 Å². The van der Waals surface area contributed by atoms with Crippen LogP contribution in [0.5, 0.6) is 5.75 Å². The number of halogens is 1. The second kappa shape index (κ2) is 5.74. The Morgan fingerprint density at radius 2 is 1.95 bits per heavy atom. The van der Waals surface area contributed by atoms with Gasteiger partial charge in [0, 0.05) is 17.4 Å². The predicted molar refractivity (Wildman–Crippen MR) is 85.7 cm³/mol. The Hall–Kier alpha value is -1.06. The molecule has 0 saturated carbocycles. The third-order valence-electron chi connectivity index (χ3n) is 4.20. The van der Waals surface area contributed by atoms with E-state index in [9.17, 15) is 0 Å². The Kier molecular flexibility index (Phi) is 3.99.